The Kier molecular flexibility index (Phi) is 3.83. The third-order valence-electron chi connectivity index (χ3n) is 3.64. The van der Waals surface area contributed by atoms with E-state index in [1.54, 1.807) is 24.3 Å². The van der Waals surface area contributed by atoms with Crippen LogP contribution >= 0.6 is 12.2 Å². The second-order valence-corrected chi connectivity index (χ2v) is 5.78. The molecular weight excluding hydrogens is 310 g/mol. The van der Waals surface area contributed by atoms with Gasteiger partial charge in [-0.3, -0.25) is 15.0 Å². The van der Waals surface area contributed by atoms with Crippen molar-refractivity contribution in [3.05, 3.63) is 64.7 Å². The molecule has 0 aromatic heterocycles. The minimum Gasteiger partial charge on any atom is -0.331 e. The molecule has 0 unspecified atom stereocenters. The van der Waals surface area contributed by atoms with Gasteiger partial charge in [0.15, 0.2) is 5.11 Å². The SMILES string of the molecule is Cc1ccc(NC(=S)NN2C(=O)c3ccccc3C2=O)c(C)c1. The highest BCUT2D eigenvalue weighted by Gasteiger charge is 2.35. The average Bonchev–Trinajstić information content (AvgIpc) is 2.76. The van der Waals surface area contributed by atoms with Crippen LogP contribution in [0, 0.1) is 13.8 Å². The van der Waals surface area contributed by atoms with Crippen molar-refractivity contribution in [3.63, 3.8) is 0 Å². The van der Waals surface area contributed by atoms with E-state index < -0.39 is 11.8 Å². The molecule has 0 saturated heterocycles. The summed E-state index contributed by atoms with van der Waals surface area (Å²) in [6.07, 6.45) is 0. The first-order chi connectivity index (χ1) is 11.0. The van der Waals surface area contributed by atoms with Gasteiger partial charge in [-0.05, 0) is 49.8 Å². The van der Waals surface area contributed by atoms with Crippen molar-refractivity contribution in [1.82, 2.24) is 10.4 Å². The molecule has 2 amide bonds. The zero-order chi connectivity index (χ0) is 16.6. The number of hydrazine groups is 1. The fraction of sp³-hybridized carbons (Fsp3) is 0.118. The summed E-state index contributed by atoms with van der Waals surface area (Å²) >= 11 is 5.21. The molecule has 0 bridgehead atoms. The number of carbonyl (C=O) groups is 2. The Hall–Kier alpha value is -2.73. The number of fused-ring (bicyclic) bond motifs is 1. The van der Waals surface area contributed by atoms with E-state index in [-0.39, 0.29) is 5.11 Å². The molecule has 0 fully saturated rings. The van der Waals surface area contributed by atoms with E-state index in [9.17, 15) is 9.59 Å². The molecule has 2 aromatic carbocycles. The Labute approximate surface area is 139 Å². The normalized spacial score (nSPS) is 13.0. The fourth-order valence-electron chi connectivity index (χ4n) is 2.50. The summed E-state index contributed by atoms with van der Waals surface area (Å²) in [5, 5.41) is 4.13. The summed E-state index contributed by atoms with van der Waals surface area (Å²) in [5.41, 5.74) is 6.41. The highest BCUT2D eigenvalue weighted by Crippen LogP contribution is 2.21. The lowest BCUT2D eigenvalue weighted by Crippen LogP contribution is -2.47. The van der Waals surface area contributed by atoms with Crippen molar-refractivity contribution >= 4 is 34.8 Å². The van der Waals surface area contributed by atoms with Gasteiger partial charge in [-0.15, -0.1) is 0 Å². The van der Waals surface area contributed by atoms with Crippen LogP contribution in [0.5, 0.6) is 0 Å². The first kappa shape index (κ1) is 15.2. The van der Waals surface area contributed by atoms with Gasteiger partial charge >= 0.3 is 0 Å². The molecular formula is C17H15N3O2S. The molecule has 0 aliphatic carbocycles. The summed E-state index contributed by atoms with van der Waals surface area (Å²) in [6.45, 7) is 3.96. The number of hydrogen-bond donors (Lipinski definition) is 2. The maximum Gasteiger partial charge on any atom is 0.280 e. The van der Waals surface area contributed by atoms with Crippen molar-refractivity contribution in [1.29, 1.82) is 0 Å². The summed E-state index contributed by atoms with van der Waals surface area (Å²) in [7, 11) is 0. The van der Waals surface area contributed by atoms with Crippen molar-refractivity contribution in [2.24, 2.45) is 0 Å². The van der Waals surface area contributed by atoms with Gasteiger partial charge in [0.05, 0.1) is 11.1 Å². The first-order valence-corrected chi connectivity index (χ1v) is 7.51. The number of thiocarbonyl (C=S) groups is 1. The van der Waals surface area contributed by atoms with Crippen LogP contribution in [0.2, 0.25) is 0 Å². The highest BCUT2D eigenvalue weighted by molar-refractivity contribution is 7.80. The first-order valence-electron chi connectivity index (χ1n) is 7.10. The number of hydrogen-bond acceptors (Lipinski definition) is 3. The van der Waals surface area contributed by atoms with Crippen molar-refractivity contribution in [3.8, 4) is 0 Å². The number of benzene rings is 2. The molecule has 116 valence electrons. The fourth-order valence-corrected chi connectivity index (χ4v) is 2.70. The smallest absolute Gasteiger partial charge is 0.280 e. The molecule has 0 radical (unpaired) electrons. The summed E-state index contributed by atoms with van der Waals surface area (Å²) < 4.78 is 0. The predicted octanol–water partition coefficient (Wildman–Crippen LogP) is 2.80. The van der Waals surface area contributed by atoms with Crippen LogP contribution in [0.15, 0.2) is 42.5 Å². The van der Waals surface area contributed by atoms with E-state index in [1.807, 2.05) is 32.0 Å². The van der Waals surface area contributed by atoms with Crippen LogP contribution < -0.4 is 10.7 Å². The number of rotatable bonds is 2. The van der Waals surface area contributed by atoms with E-state index in [2.05, 4.69) is 10.7 Å². The molecule has 1 aliphatic heterocycles. The molecule has 2 aromatic rings. The van der Waals surface area contributed by atoms with E-state index >= 15 is 0 Å². The summed E-state index contributed by atoms with van der Waals surface area (Å²) in [4.78, 5) is 24.5. The zero-order valence-electron chi connectivity index (χ0n) is 12.7. The van der Waals surface area contributed by atoms with E-state index in [0.29, 0.717) is 11.1 Å². The van der Waals surface area contributed by atoms with Crippen molar-refractivity contribution in [2.75, 3.05) is 5.32 Å². The third-order valence-corrected chi connectivity index (χ3v) is 3.83. The molecule has 0 saturated carbocycles. The molecule has 2 N–H and O–H groups in total. The second-order valence-electron chi connectivity index (χ2n) is 5.38. The van der Waals surface area contributed by atoms with Crippen LogP contribution in [0.4, 0.5) is 5.69 Å². The molecule has 1 aliphatic rings. The Morgan fingerprint density at radius 2 is 1.61 bits per heavy atom. The van der Waals surface area contributed by atoms with E-state index in [4.69, 9.17) is 12.2 Å². The maximum atomic E-state index is 12.3. The molecule has 6 heteroatoms. The number of amides is 2. The number of carbonyl (C=O) groups excluding carboxylic acids is 2. The standard InChI is InChI=1S/C17H15N3O2S/c1-10-7-8-14(11(2)9-10)18-17(23)19-20-15(21)12-5-3-4-6-13(12)16(20)22/h3-9H,1-2H3,(H2,18,19,23). The maximum absolute atomic E-state index is 12.3. The van der Waals surface area contributed by atoms with Crippen LogP contribution in [-0.4, -0.2) is 21.9 Å². The predicted molar refractivity (Wildman–Crippen MR) is 92.2 cm³/mol. The quantitative estimate of drug-likeness (QED) is 0.657. The van der Waals surface area contributed by atoms with Gasteiger partial charge in [-0.2, -0.15) is 5.01 Å². The Morgan fingerprint density at radius 1 is 1.00 bits per heavy atom. The molecule has 1 heterocycles. The molecule has 0 atom stereocenters. The number of aryl methyl sites for hydroxylation is 2. The summed E-state index contributed by atoms with van der Waals surface area (Å²) in [5.74, 6) is -0.814. The Bertz CT molecular complexity index is 797. The van der Waals surface area contributed by atoms with Gasteiger partial charge in [-0.25, -0.2) is 0 Å². The average molecular weight is 325 g/mol. The lowest BCUT2D eigenvalue weighted by molar-refractivity contribution is 0.0613. The van der Waals surface area contributed by atoms with E-state index in [0.717, 1.165) is 21.8 Å². The lowest BCUT2D eigenvalue weighted by Gasteiger charge is -2.18. The number of nitrogens with one attached hydrogen (secondary N) is 2. The van der Waals surface area contributed by atoms with Gasteiger partial charge in [0.2, 0.25) is 0 Å². The third kappa shape index (κ3) is 2.80. The molecule has 23 heavy (non-hydrogen) atoms. The Morgan fingerprint density at radius 3 is 2.17 bits per heavy atom. The van der Waals surface area contributed by atoms with Crippen LogP contribution in [0.1, 0.15) is 31.8 Å². The van der Waals surface area contributed by atoms with Crippen molar-refractivity contribution < 1.29 is 9.59 Å². The van der Waals surface area contributed by atoms with Gasteiger partial charge in [0.1, 0.15) is 0 Å². The minimum atomic E-state index is -0.407. The lowest BCUT2D eigenvalue weighted by atomic mass is 10.1. The largest absolute Gasteiger partial charge is 0.331 e. The van der Waals surface area contributed by atoms with Crippen LogP contribution in [0.25, 0.3) is 0 Å². The Balaban J connectivity index is 1.74. The minimum absolute atomic E-state index is 0.187. The number of imide groups is 1. The highest BCUT2D eigenvalue weighted by atomic mass is 32.1. The zero-order valence-corrected chi connectivity index (χ0v) is 13.5. The topological polar surface area (TPSA) is 61.4 Å². The van der Waals surface area contributed by atoms with Crippen molar-refractivity contribution in [2.45, 2.75) is 13.8 Å². The second kappa shape index (κ2) is 5.81. The number of nitrogens with zero attached hydrogens (tertiary/aromatic N) is 1. The summed E-state index contributed by atoms with van der Waals surface area (Å²) in [6, 6.07) is 12.6. The van der Waals surface area contributed by atoms with Gasteiger partial charge < -0.3 is 5.32 Å². The molecule has 3 rings (SSSR count). The van der Waals surface area contributed by atoms with Crippen LogP contribution in [0.3, 0.4) is 0 Å². The van der Waals surface area contributed by atoms with Gasteiger partial charge in [0.25, 0.3) is 11.8 Å². The van der Waals surface area contributed by atoms with E-state index in [1.165, 1.54) is 0 Å². The molecule has 0 spiro atoms. The van der Waals surface area contributed by atoms with Gasteiger partial charge in [-0.1, -0.05) is 29.8 Å². The monoisotopic (exact) mass is 325 g/mol. The molecule has 5 nitrogen and oxygen atoms in total. The van der Waals surface area contributed by atoms with Gasteiger partial charge in [0, 0.05) is 5.69 Å². The number of anilines is 1. The van der Waals surface area contributed by atoms with Crippen LogP contribution in [-0.2, 0) is 0 Å².